The summed E-state index contributed by atoms with van der Waals surface area (Å²) in [4.78, 5) is 11.0. The van der Waals surface area contributed by atoms with Crippen LogP contribution in [0.5, 0.6) is 5.75 Å². The van der Waals surface area contributed by atoms with Crippen molar-refractivity contribution < 1.29 is 9.53 Å². The van der Waals surface area contributed by atoms with E-state index < -0.39 is 5.91 Å². The van der Waals surface area contributed by atoms with E-state index in [1.54, 1.807) is 6.07 Å². The minimum atomic E-state index is -0.606. The van der Waals surface area contributed by atoms with Gasteiger partial charge in [-0.05, 0) is 26.0 Å². The van der Waals surface area contributed by atoms with Gasteiger partial charge in [-0.15, -0.1) is 0 Å². The number of hydrogen-bond acceptors (Lipinski definition) is 3. The second-order valence-electron chi connectivity index (χ2n) is 3.37. The number of benzene rings is 1. The van der Waals surface area contributed by atoms with E-state index in [0.29, 0.717) is 5.75 Å². The normalized spacial score (nSPS) is 10.4. The summed E-state index contributed by atoms with van der Waals surface area (Å²) >= 11 is 5.93. The molecule has 1 aromatic carbocycles. The summed E-state index contributed by atoms with van der Waals surface area (Å²) in [5, 5.41) is 0.222. The Hall–Kier alpha value is -1.42. The van der Waals surface area contributed by atoms with Gasteiger partial charge in [0.25, 0.3) is 5.91 Å². The van der Waals surface area contributed by atoms with E-state index in [9.17, 15) is 4.79 Å². The lowest BCUT2D eigenvalue weighted by atomic mass is 10.1. The summed E-state index contributed by atoms with van der Waals surface area (Å²) in [6, 6.07) is 3.08. The predicted octanol–water partition coefficient (Wildman–Crippen LogP) is 1.81. The monoisotopic (exact) mass is 228 g/mol. The molecule has 0 spiro atoms. The van der Waals surface area contributed by atoms with Gasteiger partial charge in [0, 0.05) is 0 Å². The molecule has 1 amide bonds. The topological polar surface area (TPSA) is 78.3 Å². The highest BCUT2D eigenvalue weighted by molar-refractivity contribution is 6.35. The number of ether oxygens (including phenoxy) is 1. The van der Waals surface area contributed by atoms with Crippen LogP contribution in [0.1, 0.15) is 24.2 Å². The van der Waals surface area contributed by atoms with Gasteiger partial charge in [-0.2, -0.15) is 0 Å². The average molecular weight is 229 g/mol. The second-order valence-corrected chi connectivity index (χ2v) is 3.75. The van der Waals surface area contributed by atoms with Crippen LogP contribution in [0.3, 0.4) is 0 Å². The Balaban J connectivity index is 3.15. The maximum Gasteiger partial charge on any atom is 0.250 e. The Labute approximate surface area is 93.1 Å². The van der Waals surface area contributed by atoms with E-state index in [1.807, 2.05) is 13.8 Å². The molecule has 0 atom stereocenters. The summed E-state index contributed by atoms with van der Waals surface area (Å²) in [6.45, 7) is 3.74. The van der Waals surface area contributed by atoms with Crippen LogP contribution in [0.25, 0.3) is 0 Å². The van der Waals surface area contributed by atoms with E-state index in [2.05, 4.69) is 0 Å². The molecule has 0 unspecified atom stereocenters. The average Bonchev–Trinajstić information content (AvgIpc) is 2.12. The van der Waals surface area contributed by atoms with Crippen LogP contribution in [0, 0.1) is 0 Å². The first kappa shape index (κ1) is 11.7. The molecule has 0 aliphatic rings. The van der Waals surface area contributed by atoms with Crippen LogP contribution >= 0.6 is 11.6 Å². The third-order valence-corrected chi connectivity index (χ3v) is 2.16. The van der Waals surface area contributed by atoms with Crippen molar-refractivity contribution in [3.05, 3.63) is 22.7 Å². The van der Waals surface area contributed by atoms with Crippen LogP contribution in [-0.4, -0.2) is 12.0 Å². The number of nitrogens with two attached hydrogens (primary N) is 2. The zero-order valence-corrected chi connectivity index (χ0v) is 9.34. The van der Waals surface area contributed by atoms with Crippen LogP contribution in [0.2, 0.25) is 5.02 Å². The lowest BCUT2D eigenvalue weighted by Crippen LogP contribution is -2.14. The molecule has 0 bridgehead atoms. The number of halogens is 1. The molecular weight excluding hydrogens is 216 g/mol. The van der Waals surface area contributed by atoms with E-state index in [1.165, 1.54) is 6.07 Å². The van der Waals surface area contributed by atoms with Crippen molar-refractivity contribution in [3.8, 4) is 5.75 Å². The van der Waals surface area contributed by atoms with Crippen LogP contribution in [-0.2, 0) is 0 Å². The van der Waals surface area contributed by atoms with Gasteiger partial charge < -0.3 is 16.2 Å². The zero-order chi connectivity index (χ0) is 11.6. The van der Waals surface area contributed by atoms with Crippen molar-refractivity contribution in [1.82, 2.24) is 0 Å². The SMILES string of the molecule is CC(C)Oc1ccc(C(N)=O)c(N)c1Cl. The number of carbonyl (C=O) groups excluding carboxylic acids is 1. The smallest absolute Gasteiger partial charge is 0.250 e. The molecular formula is C10H13ClN2O2. The third-order valence-electron chi connectivity index (χ3n) is 1.77. The molecule has 0 aliphatic carbocycles. The van der Waals surface area contributed by atoms with E-state index in [0.717, 1.165) is 0 Å². The molecule has 1 aromatic rings. The second kappa shape index (κ2) is 4.40. The quantitative estimate of drug-likeness (QED) is 0.775. The highest BCUT2D eigenvalue weighted by Crippen LogP contribution is 2.33. The number of amides is 1. The standard InChI is InChI=1S/C10H13ClN2O2/c1-5(2)15-7-4-3-6(10(13)14)9(12)8(7)11/h3-5H,12H2,1-2H3,(H2,13,14). The van der Waals surface area contributed by atoms with E-state index in [4.69, 9.17) is 27.8 Å². The number of carbonyl (C=O) groups is 1. The molecule has 0 saturated heterocycles. The summed E-state index contributed by atoms with van der Waals surface area (Å²) in [5.41, 5.74) is 11.1. The van der Waals surface area contributed by atoms with Gasteiger partial charge in [0.2, 0.25) is 0 Å². The van der Waals surface area contributed by atoms with Gasteiger partial charge in [0.15, 0.2) is 0 Å². The number of anilines is 1. The maximum absolute atomic E-state index is 11.0. The van der Waals surface area contributed by atoms with Gasteiger partial charge in [-0.3, -0.25) is 4.79 Å². The van der Waals surface area contributed by atoms with E-state index >= 15 is 0 Å². The Bertz CT molecular complexity index is 391. The molecule has 5 heteroatoms. The van der Waals surface area contributed by atoms with E-state index in [-0.39, 0.29) is 22.4 Å². The first-order valence-electron chi connectivity index (χ1n) is 4.48. The first-order valence-corrected chi connectivity index (χ1v) is 4.85. The van der Waals surface area contributed by atoms with Gasteiger partial charge >= 0.3 is 0 Å². The van der Waals surface area contributed by atoms with Crippen molar-refractivity contribution in [3.63, 3.8) is 0 Å². The summed E-state index contributed by atoms with van der Waals surface area (Å²) < 4.78 is 5.40. The number of nitrogen functional groups attached to an aromatic ring is 1. The lowest BCUT2D eigenvalue weighted by Gasteiger charge is -2.13. The Morgan fingerprint density at radius 3 is 2.53 bits per heavy atom. The largest absolute Gasteiger partial charge is 0.489 e. The summed E-state index contributed by atoms with van der Waals surface area (Å²) in [7, 11) is 0. The number of rotatable bonds is 3. The molecule has 0 fully saturated rings. The van der Waals surface area contributed by atoms with Crippen LogP contribution in [0.4, 0.5) is 5.69 Å². The minimum Gasteiger partial charge on any atom is -0.489 e. The highest BCUT2D eigenvalue weighted by Gasteiger charge is 2.13. The van der Waals surface area contributed by atoms with Crippen LogP contribution < -0.4 is 16.2 Å². The Kier molecular flexibility index (Phi) is 3.42. The van der Waals surface area contributed by atoms with Gasteiger partial charge in [-0.1, -0.05) is 11.6 Å². The molecule has 1 rings (SSSR count). The molecule has 0 heterocycles. The molecule has 0 aromatic heterocycles. The molecule has 4 nitrogen and oxygen atoms in total. The zero-order valence-electron chi connectivity index (χ0n) is 8.58. The van der Waals surface area contributed by atoms with Gasteiger partial charge in [0.05, 0.1) is 17.4 Å². The van der Waals surface area contributed by atoms with Crippen molar-refractivity contribution in [2.24, 2.45) is 5.73 Å². The third kappa shape index (κ3) is 2.53. The maximum atomic E-state index is 11.0. The van der Waals surface area contributed by atoms with Crippen LogP contribution in [0.15, 0.2) is 12.1 Å². The van der Waals surface area contributed by atoms with Crippen molar-refractivity contribution >= 4 is 23.2 Å². The van der Waals surface area contributed by atoms with Crippen molar-refractivity contribution in [2.45, 2.75) is 20.0 Å². The molecule has 82 valence electrons. The molecule has 15 heavy (non-hydrogen) atoms. The summed E-state index contributed by atoms with van der Waals surface area (Å²) in [6.07, 6.45) is -0.0127. The first-order chi connectivity index (χ1) is 6.93. The minimum absolute atomic E-state index is 0.0127. The Morgan fingerprint density at radius 2 is 2.07 bits per heavy atom. The molecule has 4 N–H and O–H groups in total. The fourth-order valence-corrected chi connectivity index (χ4v) is 1.34. The van der Waals surface area contributed by atoms with Crippen molar-refractivity contribution in [2.75, 3.05) is 5.73 Å². The van der Waals surface area contributed by atoms with Gasteiger partial charge in [0.1, 0.15) is 10.8 Å². The van der Waals surface area contributed by atoms with Gasteiger partial charge in [-0.25, -0.2) is 0 Å². The number of hydrogen-bond donors (Lipinski definition) is 2. The Morgan fingerprint density at radius 1 is 1.47 bits per heavy atom. The summed E-state index contributed by atoms with van der Waals surface area (Å²) in [5.74, 6) is -0.153. The number of primary amides is 1. The molecule has 0 radical (unpaired) electrons. The fraction of sp³-hybridized carbons (Fsp3) is 0.300. The van der Waals surface area contributed by atoms with Crippen molar-refractivity contribution in [1.29, 1.82) is 0 Å². The fourth-order valence-electron chi connectivity index (χ4n) is 1.13. The lowest BCUT2D eigenvalue weighted by molar-refractivity contribution is 0.100. The highest BCUT2D eigenvalue weighted by atomic mass is 35.5. The predicted molar refractivity (Wildman–Crippen MR) is 60.1 cm³/mol. The molecule has 0 saturated carbocycles. The molecule has 0 aliphatic heterocycles.